The van der Waals surface area contributed by atoms with Gasteiger partial charge in [-0.25, -0.2) is 0 Å². The highest BCUT2D eigenvalue weighted by atomic mass is 31.2. The van der Waals surface area contributed by atoms with Gasteiger partial charge in [-0.2, -0.15) is 0 Å². The Hall–Kier alpha value is -2.81. The van der Waals surface area contributed by atoms with Crippen LogP contribution in [0.15, 0.2) is 85.1 Å². The van der Waals surface area contributed by atoms with E-state index in [2.05, 4.69) is 98.9 Å². The Morgan fingerprint density at radius 3 is 0.924 bits per heavy atom. The zero-order chi connectivity index (χ0) is 66.9. The van der Waals surface area contributed by atoms with Crippen LogP contribution in [-0.4, -0.2) is 70.0 Å². The molecule has 0 N–H and O–H groups in total. The molecule has 0 aliphatic carbocycles. The maximum atomic E-state index is 12.9. The first-order valence-electron chi connectivity index (χ1n) is 39.3. The minimum Gasteiger partial charge on any atom is -0.756 e. The van der Waals surface area contributed by atoms with E-state index in [1.165, 1.54) is 244 Å². The minimum absolute atomic E-state index is 0.0376. The van der Waals surface area contributed by atoms with Crippen molar-refractivity contribution in [3.8, 4) is 0 Å². The summed E-state index contributed by atoms with van der Waals surface area (Å²) in [6, 6.07) is 0. The van der Waals surface area contributed by atoms with E-state index in [4.69, 9.17) is 18.5 Å². The van der Waals surface area contributed by atoms with E-state index in [0.717, 1.165) is 96.3 Å². The Morgan fingerprint density at radius 1 is 0.348 bits per heavy atom. The number of allylic oxidation sites excluding steroid dienone is 14. The van der Waals surface area contributed by atoms with Crippen LogP contribution in [-0.2, 0) is 32.7 Å². The third-order valence-electron chi connectivity index (χ3n) is 17.4. The molecule has 536 valence electrons. The van der Waals surface area contributed by atoms with Crippen molar-refractivity contribution in [2.45, 2.75) is 380 Å². The molecule has 2 atom stereocenters. The van der Waals surface area contributed by atoms with E-state index >= 15 is 0 Å². The lowest BCUT2D eigenvalue weighted by Crippen LogP contribution is -2.37. The van der Waals surface area contributed by atoms with Gasteiger partial charge >= 0.3 is 11.9 Å². The summed E-state index contributed by atoms with van der Waals surface area (Å²) in [5.74, 6) is -0.846. The number of nitrogens with zero attached hydrogens (tertiary/aromatic N) is 1. The predicted molar refractivity (Wildman–Crippen MR) is 397 cm³/mol. The molecular formula is C82H150NO8P. The number of likely N-dealkylation sites (N-methyl/N-ethyl adjacent to an activating group) is 1. The molecule has 0 aromatic carbocycles. The summed E-state index contributed by atoms with van der Waals surface area (Å²) >= 11 is 0. The molecule has 10 heteroatoms. The Kier molecular flexibility index (Phi) is 70.2. The maximum absolute atomic E-state index is 12.9. The largest absolute Gasteiger partial charge is 0.756 e. The molecular weight excluding hydrogens is 1160 g/mol. The Balaban J connectivity index is 3.93. The lowest BCUT2D eigenvalue weighted by Gasteiger charge is -2.28. The molecule has 0 aromatic heterocycles. The monoisotopic (exact) mass is 1310 g/mol. The van der Waals surface area contributed by atoms with Crippen molar-refractivity contribution >= 4 is 19.8 Å². The van der Waals surface area contributed by atoms with Crippen LogP contribution in [0.5, 0.6) is 0 Å². The van der Waals surface area contributed by atoms with Crippen molar-refractivity contribution in [2.24, 2.45) is 0 Å². The van der Waals surface area contributed by atoms with Gasteiger partial charge in [-0.15, -0.1) is 0 Å². The third kappa shape index (κ3) is 76.2. The average molecular weight is 1310 g/mol. The fourth-order valence-electron chi connectivity index (χ4n) is 11.5. The lowest BCUT2D eigenvalue weighted by molar-refractivity contribution is -0.870. The number of phosphoric acid groups is 1. The van der Waals surface area contributed by atoms with Gasteiger partial charge in [-0.3, -0.25) is 14.2 Å². The second-order valence-corrected chi connectivity index (χ2v) is 29.1. The fraction of sp³-hybridized carbons (Fsp3) is 0.805. The molecule has 0 saturated carbocycles. The highest BCUT2D eigenvalue weighted by Crippen LogP contribution is 2.38. The van der Waals surface area contributed by atoms with Gasteiger partial charge < -0.3 is 27.9 Å². The quantitative estimate of drug-likeness (QED) is 0.0195. The SMILES string of the molecule is CC/C=C\C/C=C\C/C=C\C/C=C\C/C=C\C/C=C\C/C=C\CCCCCCCC(=O)OC(COC(=O)CCCCCCCCCCCCCCCCCCCCCCCCCCCCCCCCCCCCCCCCCCC)COP(=O)([O-])OCC[N+](C)(C)C. The number of hydrogen-bond donors (Lipinski definition) is 0. The molecule has 0 amide bonds. The summed E-state index contributed by atoms with van der Waals surface area (Å²) in [7, 11) is 1.15. The topological polar surface area (TPSA) is 111 Å². The van der Waals surface area contributed by atoms with Crippen LogP contribution in [0, 0.1) is 0 Å². The number of hydrogen-bond acceptors (Lipinski definition) is 8. The first-order chi connectivity index (χ1) is 45.0. The zero-order valence-electron chi connectivity index (χ0n) is 61.2. The maximum Gasteiger partial charge on any atom is 0.306 e. The van der Waals surface area contributed by atoms with Crippen molar-refractivity contribution in [1.82, 2.24) is 0 Å². The van der Waals surface area contributed by atoms with Crippen molar-refractivity contribution < 1.29 is 42.1 Å². The van der Waals surface area contributed by atoms with Gasteiger partial charge in [0.05, 0.1) is 27.7 Å². The first-order valence-corrected chi connectivity index (χ1v) is 40.8. The highest BCUT2D eigenvalue weighted by molar-refractivity contribution is 7.45. The van der Waals surface area contributed by atoms with Gasteiger partial charge in [0.2, 0.25) is 0 Å². The molecule has 0 aliphatic rings. The van der Waals surface area contributed by atoms with E-state index in [9.17, 15) is 19.0 Å². The Morgan fingerprint density at radius 2 is 0.620 bits per heavy atom. The average Bonchev–Trinajstić information content (AvgIpc) is 2.14. The molecule has 92 heavy (non-hydrogen) atoms. The molecule has 0 radical (unpaired) electrons. The number of unbranched alkanes of at least 4 members (excludes halogenated alkanes) is 45. The first kappa shape index (κ1) is 89.2. The van der Waals surface area contributed by atoms with E-state index in [0.29, 0.717) is 17.4 Å². The number of ether oxygens (including phenoxy) is 2. The predicted octanol–water partition coefficient (Wildman–Crippen LogP) is 25.4. The van der Waals surface area contributed by atoms with E-state index in [-0.39, 0.29) is 32.0 Å². The summed E-state index contributed by atoms with van der Waals surface area (Å²) in [4.78, 5) is 38.1. The number of rotatable bonds is 73. The number of carbonyl (C=O) groups is 2. The van der Waals surface area contributed by atoms with Crippen molar-refractivity contribution in [1.29, 1.82) is 0 Å². The summed E-state index contributed by atoms with van der Waals surface area (Å²) in [6.45, 7) is 4.15. The summed E-state index contributed by atoms with van der Waals surface area (Å²) in [5, 5.41) is 0. The van der Waals surface area contributed by atoms with Crippen LogP contribution in [0.3, 0.4) is 0 Å². The summed E-state index contributed by atoms with van der Waals surface area (Å²) in [6.07, 6.45) is 100. The summed E-state index contributed by atoms with van der Waals surface area (Å²) < 4.78 is 34.3. The van der Waals surface area contributed by atoms with Crippen LogP contribution in [0.2, 0.25) is 0 Å². The van der Waals surface area contributed by atoms with Crippen LogP contribution < -0.4 is 4.89 Å². The van der Waals surface area contributed by atoms with Crippen LogP contribution in [0.25, 0.3) is 0 Å². The molecule has 9 nitrogen and oxygen atoms in total. The van der Waals surface area contributed by atoms with Crippen LogP contribution in [0.4, 0.5) is 0 Å². The van der Waals surface area contributed by atoms with Gasteiger partial charge in [-0.05, 0) is 70.6 Å². The highest BCUT2D eigenvalue weighted by Gasteiger charge is 2.22. The van der Waals surface area contributed by atoms with Crippen molar-refractivity contribution in [2.75, 3.05) is 47.5 Å². The van der Waals surface area contributed by atoms with Crippen molar-refractivity contribution in [3.05, 3.63) is 85.1 Å². The molecule has 0 aliphatic heterocycles. The minimum atomic E-state index is -4.65. The van der Waals surface area contributed by atoms with Gasteiger partial charge in [-0.1, -0.05) is 375 Å². The zero-order valence-corrected chi connectivity index (χ0v) is 62.1. The number of phosphoric ester groups is 1. The number of carbonyl (C=O) groups excluding carboxylic acids is 2. The second kappa shape index (κ2) is 72.5. The normalized spacial score (nSPS) is 13.5. The number of esters is 2. The molecule has 0 rings (SSSR count). The molecule has 0 spiro atoms. The molecule has 0 aromatic rings. The van der Waals surface area contributed by atoms with Gasteiger partial charge in [0.25, 0.3) is 7.82 Å². The second-order valence-electron chi connectivity index (χ2n) is 27.7. The molecule has 0 heterocycles. The van der Waals surface area contributed by atoms with E-state index in [1.807, 2.05) is 21.1 Å². The Bertz CT molecular complexity index is 1830. The van der Waals surface area contributed by atoms with Crippen LogP contribution >= 0.6 is 7.82 Å². The van der Waals surface area contributed by atoms with E-state index in [1.54, 1.807) is 0 Å². The molecule has 2 unspecified atom stereocenters. The van der Waals surface area contributed by atoms with Gasteiger partial charge in [0, 0.05) is 12.8 Å². The Labute approximate surface area is 571 Å². The lowest BCUT2D eigenvalue weighted by atomic mass is 10.0. The molecule has 0 saturated heterocycles. The molecule has 0 bridgehead atoms. The molecule has 0 fully saturated rings. The smallest absolute Gasteiger partial charge is 0.306 e. The number of quaternary nitrogens is 1. The van der Waals surface area contributed by atoms with Crippen molar-refractivity contribution in [3.63, 3.8) is 0 Å². The van der Waals surface area contributed by atoms with E-state index < -0.39 is 26.5 Å². The standard InChI is InChI=1S/C82H150NO8P/c1-6-8-10-12-14-16-18-20-22-24-26-28-30-32-34-35-36-37-38-39-40-41-42-43-44-45-46-47-49-50-52-54-56-58-60-62-64-66-68-70-72-74-81(84)88-78-80(79-90-92(86,87)89-77-76-83(3,4)5)91-82(85)75-73-71-69-67-65-63-61-59-57-55-53-51-48-33-31-29-27-25-23-21-19-17-15-13-11-9-7-2/h9,11,15,17,21,23,27,29,33,48,53,55,59,61,80H,6-8,10,12-14,16,18-20,22,24-26,28,30-32,34-47,49-52,54,56-58,60,62-79H2,1-5H3/b11-9-,17-15-,23-21-,29-27-,48-33-,55-53-,61-59-. The fourth-order valence-corrected chi connectivity index (χ4v) is 12.2. The van der Waals surface area contributed by atoms with Gasteiger partial charge in [0.15, 0.2) is 6.10 Å². The summed E-state index contributed by atoms with van der Waals surface area (Å²) in [5.41, 5.74) is 0. The van der Waals surface area contributed by atoms with Crippen LogP contribution in [0.1, 0.15) is 373 Å². The third-order valence-corrected chi connectivity index (χ3v) is 18.4. The van der Waals surface area contributed by atoms with Gasteiger partial charge in [0.1, 0.15) is 19.8 Å².